The Labute approximate surface area is 120 Å². The molecule has 2 aromatic rings. The van der Waals surface area contributed by atoms with Gasteiger partial charge in [-0.25, -0.2) is 0 Å². The van der Waals surface area contributed by atoms with Crippen LogP contribution in [0, 0.1) is 11.8 Å². The molecule has 0 aliphatic carbocycles. The molecule has 2 aromatic carbocycles. The van der Waals surface area contributed by atoms with Gasteiger partial charge in [-0.3, -0.25) is 0 Å². The zero-order valence-electron chi connectivity index (χ0n) is 10.6. The van der Waals surface area contributed by atoms with Crippen LogP contribution in [0.25, 0.3) is 0 Å². The van der Waals surface area contributed by atoms with E-state index in [4.69, 9.17) is 4.74 Å². The summed E-state index contributed by atoms with van der Waals surface area (Å²) < 4.78 is 6.66. The lowest BCUT2D eigenvalue weighted by Crippen LogP contribution is -1.98. The lowest BCUT2D eigenvalue weighted by atomic mass is 10.1. The van der Waals surface area contributed by atoms with Crippen LogP contribution in [0.1, 0.15) is 16.7 Å². The number of nitrogens with zero attached hydrogens (tertiary/aromatic N) is 1. The summed E-state index contributed by atoms with van der Waals surface area (Å²) in [6.07, 6.45) is 0. The number of aryl methyl sites for hydroxylation is 1. The van der Waals surface area contributed by atoms with Crippen molar-refractivity contribution in [2.45, 2.75) is 20.1 Å². The van der Waals surface area contributed by atoms with E-state index in [1.54, 1.807) is 0 Å². The van der Waals surface area contributed by atoms with Gasteiger partial charge in [0, 0.05) is 10.0 Å². The van der Waals surface area contributed by atoms with Gasteiger partial charge in [-0.2, -0.15) is 4.91 Å². The van der Waals surface area contributed by atoms with Gasteiger partial charge in [-0.1, -0.05) is 50.9 Å². The lowest BCUT2D eigenvalue weighted by molar-refractivity contribution is 0.303. The van der Waals surface area contributed by atoms with Gasteiger partial charge in [-0.15, -0.1) is 0 Å². The van der Waals surface area contributed by atoms with Crippen LogP contribution in [0.3, 0.4) is 0 Å². The van der Waals surface area contributed by atoms with Crippen LogP contribution in [-0.2, 0) is 13.2 Å². The molecule has 0 atom stereocenters. The van der Waals surface area contributed by atoms with E-state index < -0.39 is 0 Å². The van der Waals surface area contributed by atoms with Crippen molar-refractivity contribution >= 4 is 15.9 Å². The molecule has 0 aromatic heterocycles. The number of nitroso groups, excluding NO2 is 1. The Balaban J connectivity index is 2.10. The van der Waals surface area contributed by atoms with Crippen molar-refractivity contribution in [1.29, 1.82) is 0 Å². The summed E-state index contributed by atoms with van der Waals surface area (Å²) in [6, 6.07) is 13.8. The second-order valence-corrected chi connectivity index (χ2v) is 5.23. The summed E-state index contributed by atoms with van der Waals surface area (Å²) in [6.45, 7) is 2.64. The number of benzene rings is 2. The summed E-state index contributed by atoms with van der Waals surface area (Å²) in [4.78, 5) is 10.4. The Hall–Kier alpha value is -1.68. The van der Waals surface area contributed by atoms with E-state index in [0.29, 0.717) is 12.4 Å². The molecule has 0 bridgehead atoms. The van der Waals surface area contributed by atoms with Crippen LogP contribution in [0.5, 0.6) is 5.75 Å². The Morgan fingerprint density at radius 3 is 2.58 bits per heavy atom. The molecule has 3 nitrogen and oxygen atoms in total. The standard InChI is InChI=1S/C15H14BrNO2/c1-11-2-4-12(5-3-11)10-19-15-7-6-14(16)8-13(15)9-17-18/h2-8H,9-10H2,1H3. The van der Waals surface area contributed by atoms with Crippen LogP contribution in [0.2, 0.25) is 0 Å². The fraction of sp³-hybridized carbons (Fsp3) is 0.200. The average molecular weight is 320 g/mol. The molecule has 98 valence electrons. The van der Waals surface area contributed by atoms with E-state index in [1.807, 2.05) is 49.4 Å². The largest absolute Gasteiger partial charge is 0.489 e. The summed E-state index contributed by atoms with van der Waals surface area (Å²) in [5.41, 5.74) is 3.10. The molecular weight excluding hydrogens is 306 g/mol. The number of ether oxygens (including phenoxy) is 1. The quantitative estimate of drug-likeness (QED) is 0.755. The molecule has 0 saturated carbocycles. The zero-order valence-corrected chi connectivity index (χ0v) is 12.2. The van der Waals surface area contributed by atoms with Crippen molar-refractivity contribution in [1.82, 2.24) is 0 Å². The average Bonchev–Trinajstić information content (AvgIpc) is 2.40. The van der Waals surface area contributed by atoms with E-state index in [9.17, 15) is 4.91 Å². The summed E-state index contributed by atoms with van der Waals surface area (Å²) in [5.74, 6) is 0.698. The van der Waals surface area contributed by atoms with Crippen molar-refractivity contribution in [2.24, 2.45) is 5.18 Å². The van der Waals surface area contributed by atoms with Crippen molar-refractivity contribution in [3.05, 3.63) is 68.5 Å². The number of rotatable bonds is 5. The minimum Gasteiger partial charge on any atom is -0.489 e. The molecule has 0 aliphatic rings. The first-order valence-corrected chi connectivity index (χ1v) is 6.74. The molecule has 0 fully saturated rings. The summed E-state index contributed by atoms with van der Waals surface area (Å²) in [7, 11) is 0. The van der Waals surface area contributed by atoms with Crippen molar-refractivity contribution in [3.8, 4) is 5.75 Å². The van der Waals surface area contributed by atoms with E-state index in [0.717, 1.165) is 15.6 Å². The maximum absolute atomic E-state index is 10.4. The maximum atomic E-state index is 10.4. The van der Waals surface area contributed by atoms with Gasteiger partial charge >= 0.3 is 0 Å². The Morgan fingerprint density at radius 2 is 1.89 bits per heavy atom. The topological polar surface area (TPSA) is 38.7 Å². The third-order valence-corrected chi connectivity index (χ3v) is 3.27. The SMILES string of the molecule is Cc1ccc(COc2ccc(Br)cc2CN=O)cc1. The molecule has 0 heterocycles. The Kier molecular flexibility index (Phi) is 4.68. The van der Waals surface area contributed by atoms with E-state index in [1.165, 1.54) is 5.56 Å². The molecule has 0 radical (unpaired) electrons. The van der Waals surface area contributed by atoms with Crippen LogP contribution < -0.4 is 4.74 Å². The summed E-state index contributed by atoms with van der Waals surface area (Å²) in [5, 5.41) is 2.92. The second kappa shape index (κ2) is 6.48. The second-order valence-electron chi connectivity index (χ2n) is 4.31. The minimum atomic E-state index is 0.114. The zero-order chi connectivity index (χ0) is 13.7. The van der Waals surface area contributed by atoms with Crippen LogP contribution >= 0.6 is 15.9 Å². The van der Waals surface area contributed by atoms with E-state index in [-0.39, 0.29) is 6.54 Å². The van der Waals surface area contributed by atoms with E-state index in [2.05, 4.69) is 21.1 Å². The maximum Gasteiger partial charge on any atom is 0.125 e. The van der Waals surface area contributed by atoms with Crippen molar-refractivity contribution < 1.29 is 4.74 Å². The fourth-order valence-electron chi connectivity index (χ4n) is 1.73. The van der Waals surface area contributed by atoms with Gasteiger partial charge in [0.1, 0.15) is 18.9 Å². The molecule has 0 N–H and O–H groups in total. The highest BCUT2D eigenvalue weighted by Gasteiger charge is 2.05. The van der Waals surface area contributed by atoms with Gasteiger partial charge in [0.2, 0.25) is 0 Å². The van der Waals surface area contributed by atoms with Gasteiger partial charge in [-0.05, 0) is 30.7 Å². The Morgan fingerprint density at radius 1 is 1.16 bits per heavy atom. The van der Waals surface area contributed by atoms with Crippen LogP contribution in [0.4, 0.5) is 0 Å². The molecule has 0 saturated heterocycles. The lowest BCUT2D eigenvalue weighted by Gasteiger charge is -2.10. The van der Waals surface area contributed by atoms with Crippen LogP contribution in [-0.4, -0.2) is 0 Å². The molecular formula is C15H14BrNO2. The molecule has 2 rings (SSSR count). The normalized spacial score (nSPS) is 10.2. The van der Waals surface area contributed by atoms with Gasteiger partial charge in [0.15, 0.2) is 0 Å². The first-order chi connectivity index (χ1) is 9.19. The highest BCUT2D eigenvalue weighted by atomic mass is 79.9. The minimum absolute atomic E-state index is 0.114. The first-order valence-electron chi connectivity index (χ1n) is 5.95. The smallest absolute Gasteiger partial charge is 0.125 e. The molecule has 4 heteroatoms. The molecule has 0 amide bonds. The Bertz CT molecular complexity index is 567. The number of hydrogen-bond donors (Lipinski definition) is 0. The summed E-state index contributed by atoms with van der Waals surface area (Å²) >= 11 is 3.37. The molecule has 0 unspecified atom stereocenters. The monoisotopic (exact) mass is 319 g/mol. The highest BCUT2D eigenvalue weighted by molar-refractivity contribution is 9.10. The molecule has 19 heavy (non-hydrogen) atoms. The van der Waals surface area contributed by atoms with E-state index >= 15 is 0 Å². The third-order valence-electron chi connectivity index (χ3n) is 2.77. The van der Waals surface area contributed by atoms with Gasteiger partial charge in [0.25, 0.3) is 0 Å². The number of hydrogen-bond acceptors (Lipinski definition) is 3. The predicted molar refractivity (Wildman–Crippen MR) is 79.2 cm³/mol. The van der Waals surface area contributed by atoms with Crippen molar-refractivity contribution in [2.75, 3.05) is 0 Å². The molecule has 0 spiro atoms. The third kappa shape index (κ3) is 3.89. The fourth-order valence-corrected chi connectivity index (χ4v) is 2.14. The predicted octanol–water partition coefficient (Wildman–Crippen LogP) is 4.60. The van der Waals surface area contributed by atoms with Crippen LogP contribution in [0.15, 0.2) is 52.1 Å². The van der Waals surface area contributed by atoms with Gasteiger partial charge < -0.3 is 4.74 Å². The van der Waals surface area contributed by atoms with Gasteiger partial charge in [0.05, 0.1) is 0 Å². The number of halogens is 1. The first kappa shape index (κ1) is 13.7. The van der Waals surface area contributed by atoms with Crippen molar-refractivity contribution in [3.63, 3.8) is 0 Å². The molecule has 0 aliphatic heterocycles. The highest BCUT2D eigenvalue weighted by Crippen LogP contribution is 2.25.